The van der Waals surface area contributed by atoms with E-state index in [0.717, 1.165) is 27.3 Å². The zero-order valence-electron chi connectivity index (χ0n) is 16.3. The van der Waals surface area contributed by atoms with Gasteiger partial charge in [0.1, 0.15) is 5.75 Å². The van der Waals surface area contributed by atoms with Crippen LogP contribution in [0.1, 0.15) is 33.9 Å². The monoisotopic (exact) mass is 393 g/mol. The van der Waals surface area contributed by atoms with E-state index in [2.05, 4.69) is 5.32 Å². The summed E-state index contributed by atoms with van der Waals surface area (Å²) in [4.78, 5) is 12.6. The lowest BCUT2D eigenvalue weighted by molar-refractivity contribution is -0.123. The Kier molecular flexibility index (Phi) is 6.37. The van der Waals surface area contributed by atoms with Crippen molar-refractivity contribution in [1.29, 1.82) is 0 Å². The van der Waals surface area contributed by atoms with E-state index in [0.29, 0.717) is 5.75 Å². The normalized spacial score (nSPS) is 11.7. The Balaban J connectivity index is 1.73. The maximum Gasteiger partial charge on any atom is 0.258 e. The van der Waals surface area contributed by atoms with Crippen LogP contribution in [0.4, 0.5) is 0 Å². The molecule has 0 saturated carbocycles. The summed E-state index contributed by atoms with van der Waals surface area (Å²) < 4.78 is 5.71. The molecule has 144 valence electrons. The third kappa shape index (κ3) is 4.93. The fourth-order valence-electron chi connectivity index (χ4n) is 3.10. The van der Waals surface area contributed by atoms with E-state index in [-0.39, 0.29) is 18.6 Å². The molecule has 1 amide bonds. The molecule has 0 bridgehead atoms. The van der Waals surface area contributed by atoms with Crippen molar-refractivity contribution in [2.24, 2.45) is 0 Å². The van der Waals surface area contributed by atoms with Gasteiger partial charge in [0.05, 0.1) is 6.04 Å². The molecule has 0 aromatic heterocycles. The van der Waals surface area contributed by atoms with Crippen molar-refractivity contribution in [2.45, 2.75) is 26.8 Å². The standard InChI is InChI=1S/C24H24ClNO2/c1-16-9-11-20(12-10-16)24(19-7-5-4-6-8-19)26-22(27)15-28-21-13-17(2)23(25)18(3)14-21/h4-14,24H,15H2,1-3H3,(H,26,27)/t24-/m1/s1. The van der Waals surface area contributed by atoms with Gasteiger partial charge in [-0.2, -0.15) is 0 Å². The number of carbonyl (C=O) groups is 1. The fourth-order valence-corrected chi connectivity index (χ4v) is 3.21. The number of aryl methyl sites for hydroxylation is 3. The number of hydrogen-bond donors (Lipinski definition) is 1. The Morgan fingerprint density at radius 1 is 0.929 bits per heavy atom. The summed E-state index contributed by atoms with van der Waals surface area (Å²) in [5, 5.41) is 3.81. The van der Waals surface area contributed by atoms with E-state index < -0.39 is 0 Å². The first-order valence-corrected chi connectivity index (χ1v) is 9.62. The third-order valence-electron chi connectivity index (χ3n) is 4.63. The predicted octanol–water partition coefficient (Wildman–Crippen LogP) is 5.55. The van der Waals surface area contributed by atoms with Crippen LogP contribution in [0.5, 0.6) is 5.75 Å². The first kappa shape index (κ1) is 20.0. The Bertz CT molecular complexity index is 929. The molecule has 0 spiro atoms. The van der Waals surface area contributed by atoms with Crippen LogP contribution in [0.15, 0.2) is 66.7 Å². The summed E-state index contributed by atoms with van der Waals surface area (Å²) in [5.74, 6) is 0.459. The fraction of sp³-hybridized carbons (Fsp3) is 0.208. The van der Waals surface area contributed by atoms with E-state index in [1.807, 2.05) is 87.5 Å². The first-order chi connectivity index (χ1) is 13.4. The molecule has 0 radical (unpaired) electrons. The lowest BCUT2D eigenvalue weighted by Gasteiger charge is -2.20. The summed E-state index contributed by atoms with van der Waals surface area (Å²) in [6.07, 6.45) is 0. The number of rotatable bonds is 6. The van der Waals surface area contributed by atoms with Gasteiger partial charge in [-0.1, -0.05) is 71.8 Å². The Morgan fingerprint density at radius 2 is 1.50 bits per heavy atom. The highest BCUT2D eigenvalue weighted by molar-refractivity contribution is 6.32. The van der Waals surface area contributed by atoms with Crippen LogP contribution in [0.25, 0.3) is 0 Å². The molecule has 0 unspecified atom stereocenters. The second kappa shape index (κ2) is 8.94. The maximum absolute atomic E-state index is 12.6. The number of benzene rings is 3. The average Bonchev–Trinajstić information content (AvgIpc) is 2.70. The molecule has 4 heteroatoms. The molecule has 0 fully saturated rings. The van der Waals surface area contributed by atoms with E-state index in [4.69, 9.17) is 16.3 Å². The van der Waals surface area contributed by atoms with E-state index in [1.54, 1.807) is 0 Å². The summed E-state index contributed by atoms with van der Waals surface area (Å²) in [6, 6.07) is 21.6. The lowest BCUT2D eigenvalue weighted by atomic mass is 9.98. The van der Waals surface area contributed by atoms with Crippen LogP contribution in [0.2, 0.25) is 5.02 Å². The zero-order valence-corrected chi connectivity index (χ0v) is 17.1. The smallest absolute Gasteiger partial charge is 0.258 e. The molecule has 1 N–H and O–H groups in total. The number of ether oxygens (including phenoxy) is 1. The van der Waals surface area contributed by atoms with Crippen LogP contribution < -0.4 is 10.1 Å². The predicted molar refractivity (Wildman–Crippen MR) is 114 cm³/mol. The van der Waals surface area contributed by atoms with Crippen LogP contribution in [0.3, 0.4) is 0 Å². The summed E-state index contributed by atoms with van der Waals surface area (Å²) in [6.45, 7) is 5.83. The van der Waals surface area contributed by atoms with E-state index in [1.165, 1.54) is 5.56 Å². The van der Waals surface area contributed by atoms with Gasteiger partial charge in [0, 0.05) is 5.02 Å². The zero-order chi connectivity index (χ0) is 20.1. The molecule has 3 aromatic rings. The number of nitrogens with one attached hydrogen (secondary N) is 1. The van der Waals surface area contributed by atoms with Gasteiger partial charge >= 0.3 is 0 Å². The average molecular weight is 394 g/mol. The highest BCUT2D eigenvalue weighted by Gasteiger charge is 2.17. The van der Waals surface area contributed by atoms with Gasteiger partial charge in [0.15, 0.2) is 6.61 Å². The van der Waals surface area contributed by atoms with Crippen molar-refractivity contribution >= 4 is 17.5 Å². The second-order valence-corrected chi connectivity index (χ2v) is 7.36. The molecule has 3 rings (SSSR count). The van der Waals surface area contributed by atoms with Crippen molar-refractivity contribution in [1.82, 2.24) is 5.32 Å². The number of halogens is 1. The van der Waals surface area contributed by atoms with Crippen molar-refractivity contribution < 1.29 is 9.53 Å². The summed E-state index contributed by atoms with van der Waals surface area (Å²) in [5.41, 5.74) is 5.10. The minimum Gasteiger partial charge on any atom is -0.484 e. The van der Waals surface area contributed by atoms with Crippen molar-refractivity contribution in [3.8, 4) is 5.75 Å². The highest BCUT2D eigenvalue weighted by atomic mass is 35.5. The largest absolute Gasteiger partial charge is 0.484 e. The lowest BCUT2D eigenvalue weighted by Crippen LogP contribution is -2.33. The van der Waals surface area contributed by atoms with Gasteiger partial charge in [0.25, 0.3) is 5.91 Å². The van der Waals surface area contributed by atoms with Crippen LogP contribution in [0, 0.1) is 20.8 Å². The van der Waals surface area contributed by atoms with Gasteiger partial charge in [-0.3, -0.25) is 4.79 Å². The molecule has 0 aliphatic carbocycles. The SMILES string of the molecule is Cc1ccc([C@H](NC(=O)COc2cc(C)c(Cl)c(C)c2)c2ccccc2)cc1. The Hall–Kier alpha value is -2.78. The maximum atomic E-state index is 12.6. The molecular formula is C24H24ClNO2. The molecular weight excluding hydrogens is 370 g/mol. The molecule has 3 aromatic carbocycles. The van der Waals surface area contributed by atoms with Crippen molar-refractivity contribution in [3.05, 3.63) is 99.6 Å². The van der Waals surface area contributed by atoms with Gasteiger partial charge in [-0.15, -0.1) is 0 Å². The minimum atomic E-state index is -0.230. The van der Waals surface area contributed by atoms with Gasteiger partial charge in [0.2, 0.25) is 0 Å². The molecule has 0 saturated heterocycles. The van der Waals surface area contributed by atoms with Gasteiger partial charge in [-0.25, -0.2) is 0 Å². The van der Waals surface area contributed by atoms with E-state index in [9.17, 15) is 4.79 Å². The topological polar surface area (TPSA) is 38.3 Å². The molecule has 0 aliphatic heterocycles. The molecule has 0 aliphatic rings. The number of amides is 1. The number of hydrogen-bond acceptors (Lipinski definition) is 2. The molecule has 0 heterocycles. The number of carbonyl (C=O) groups excluding carboxylic acids is 1. The third-order valence-corrected chi connectivity index (χ3v) is 5.22. The highest BCUT2D eigenvalue weighted by Crippen LogP contribution is 2.26. The summed E-state index contributed by atoms with van der Waals surface area (Å²) >= 11 is 6.19. The van der Waals surface area contributed by atoms with E-state index >= 15 is 0 Å². The van der Waals surface area contributed by atoms with Crippen molar-refractivity contribution in [2.75, 3.05) is 6.61 Å². The van der Waals surface area contributed by atoms with Crippen molar-refractivity contribution in [3.63, 3.8) is 0 Å². The van der Waals surface area contributed by atoms with Crippen LogP contribution >= 0.6 is 11.6 Å². The van der Waals surface area contributed by atoms with Crippen LogP contribution in [-0.4, -0.2) is 12.5 Å². The molecule has 28 heavy (non-hydrogen) atoms. The summed E-state index contributed by atoms with van der Waals surface area (Å²) in [7, 11) is 0. The van der Waals surface area contributed by atoms with Gasteiger partial charge < -0.3 is 10.1 Å². The van der Waals surface area contributed by atoms with Gasteiger partial charge in [-0.05, 0) is 55.2 Å². The minimum absolute atomic E-state index is 0.0598. The quantitative estimate of drug-likeness (QED) is 0.596. The van der Waals surface area contributed by atoms with Crippen LogP contribution in [-0.2, 0) is 4.79 Å². The Morgan fingerprint density at radius 3 is 2.11 bits per heavy atom. The second-order valence-electron chi connectivity index (χ2n) is 6.98. The molecule has 3 nitrogen and oxygen atoms in total. The first-order valence-electron chi connectivity index (χ1n) is 9.24. The molecule has 1 atom stereocenters. The Labute approximate surface area is 171 Å².